The van der Waals surface area contributed by atoms with Crippen LogP contribution in [0.5, 0.6) is 0 Å². The summed E-state index contributed by atoms with van der Waals surface area (Å²) in [6, 6.07) is 7.50. The van der Waals surface area contributed by atoms with Crippen LogP contribution < -0.4 is 5.73 Å². The molecule has 2 N–H and O–H groups in total. The van der Waals surface area contributed by atoms with Crippen molar-refractivity contribution < 1.29 is 8.78 Å². The Bertz CT molecular complexity index is 579. The van der Waals surface area contributed by atoms with E-state index in [1.165, 1.54) is 23.1 Å². The van der Waals surface area contributed by atoms with Crippen molar-refractivity contribution in [3.8, 4) is 0 Å². The SMILES string of the molecule is CC(C)(C)c1ccc(C(N)Cc2c(F)cccc2F)s1. The summed E-state index contributed by atoms with van der Waals surface area (Å²) in [5.41, 5.74) is 6.22. The van der Waals surface area contributed by atoms with Crippen LogP contribution in [0, 0.1) is 11.6 Å². The van der Waals surface area contributed by atoms with Crippen LogP contribution in [-0.4, -0.2) is 0 Å². The van der Waals surface area contributed by atoms with Crippen LogP contribution in [0.3, 0.4) is 0 Å². The highest BCUT2D eigenvalue weighted by Gasteiger charge is 2.20. The van der Waals surface area contributed by atoms with Crippen LogP contribution in [0.4, 0.5) is 8.78 Å². The number of hydrogen-bond acceptors (Lipinski definition) is 2. The Morgan fingerprint density at radius 1 is 1.10 bits per heavy atom. The summed E-state index contributed by atoms with van der Waals surface area (Å²) < 4.78 is 27.3. The molecule has 0 saturated carbocycles. The molecular formula is C16H19F2NS. The van der Waals surface area contributed by atoms with Gasteiger partial charge in [0.15, 0.2) is 0 Å². The second-order valence-electron chi connectivity index (χ2n) is 5.96. The molecular weight excluding hydrogens is 276 g/mol. The van der Waals surface area contributed by atoms with Crippen molar-refractivity contribution in [2.45, 2.75) is 38.6 Å². The van der Waals surface area contributed by atoms with Crippen LogP contribution in [-0.2, 0) is 11.8 Å². The van der Waals surface area contributed by atoms with E-state index in [1.54, 1.807) is 11.3 Å². The zero-order valence-corrected chi connectivity index (χ0v) is 12.7. The van der Waals surface area contributed by atoms with E-state index < -0.39 is 11.6 Å². The van der Waals surface area contributed by atoms with Gasteiger partial charge in [-0.25, -0.2) is 8.78 Å². The molecule has 20 heavy (non-hydrogen) atoms. The molecule has 1 atom stereocenters. The highest BCUT2D eigenvalue weighted by Crippen LogP contribution is 2.33. The van der Waals surface area contributed by atoms with Crippen molar-refractivity contribution >= 4 is 11.3 Å². The van der Waals surface area contributed by atoms with E-state index in [9.17, 15) is 8.78 Å². The molecule has 2 rings (SSSR count). The molecule has 0 bridgehead atoms. The zero-order valence-electron chi connectivity index (χ0n) is 11.9. The van der Waals surface area contributed by atoms with Gasteiger partial charge in [0.05, 0.1) is 0 Å². The third-order valence-electron chi connectivity index (χ3n) is 3.22. The van der Waals surface area contributed by atoms with E-state index in [0.29, 0.717) is 0 Å². The quantitative estimate of drug-likeness (QED) is 0.882. The maximum absolute atomic E-state index is 13.6. The Morgan fingerprint density at radius 2 is 1.70 bits per heavy atom. The predicted molar refractivity (Wildman–Crippen MR) is 80.0 cm³/mol. The highest BCUT2D eigenvalue weighted by molar-refractivity contribution is 7.12. The van der Waals surface area contributed by atoms with Gasteiger partial charge in [0.2, 0.25) is 0 Å². The fourth-order valence-electron chi connectivity index (χ4n) is 2.00. The molecule has 1 aromatic carbocycles. The van der Waals surface area contributed by atoms with Crippen LogP contribution in [0.25, 0.3) is 0 Å². The smallest absolute Gasteiger partial charge is 0.129 e. The molecule has 0 aliphatic heterocycles. The summed E-state index contributed by atoms with van der Waals surface area (Å²) in [6.07, 6.45) is 0.169. The standard InChI is InChI=1S/C16H19F2NS/c1-16(2,3)15-8-7-14(20-15)13(19)9-10-11(17)5-4-6-12(10)18/h4-8,13H,9,19H2,1-3H3. The lowest BCUT2D eigenvalue weighted by atomic mass is 9.95. The van der Waals surface area contributed by atoms with Gasteiger partial charge < -0.3 is 5.73 Å². The maximum Gasteiger partial charge on any atom is 0.129 e. The number of rotatable bonds is 3. The third-order valence-corrected chi connectivity index (χ3v) is 4.86. The van der Waals surface area contributed by atoms with E-state index in [2.05, 4.69) is 20.8 Å². The molecule has 1 unspecified atom stereocenters. The normalized spacial score (nSPS) is 13.5. The first-order valence-corrected chi connectivity index (χ1v) is 7.39. The molecule has 0 aliphatic rings. The molecule has 0 fully saturated rings. The number of thiophene rings is 1. The minimum atomic E-state index is -0.534. The Kier molecular flexibility index (Phi) is 4.25. The van der Waals surface area contributed by atoms with E-state index >= 15 is 0 Å². The van der Waals surface area contributed by atoms with Gasteiger partial charge in [-0.2, -0.15) is 0 Å². The summed E-state index contributed by atoms with van der Waals surface area (Å²) in [7, 11) is 0. The number of benzene rings is 1. The largest absolute Gasteiger partial charge is 0.323 e. The topological polar surface area (TPSA) is 26.0 Å². The summed E-state index contributed by atoms with van der Waals surface area (Å²) in [6.45, 7) is 6.39. The van der Waals surface area contributed by atoms with Gasteiger partial charge in [0.1, 0.15) is 11.6 Å². The Hall–Kier alpha value is -1.26. The Labute approximate surface area is 122 Å². The fourth-order valence-corrected chi connectivity index (χ4v) is 3.07. The zero-order chi connectivity index (χ0) is 14.9. The van der Waals surface area contributed by atoms with Crippen molar-refractivity contribution in [3.63, 3.8) is 0 Å². The Balaban J connectivity index is 2.20. The van der Waals surface area contributed by atoms with Crippen molar-refractivity contribution in [2.24, 2.45) is 5.73 Å². The summed E-state index contributed by atoms with van der Waals surface area (Å²) >= 11 is 1.61. The lowest BCUT2D eigenvalue weighted by Crippen LogP contribution is -2.14. The van der Waals surface area contributed by atoms with E-state index in [-0.39, 0.29) is 23.4 Å². The first-order valence-electron chi connectivity index (χ1n) is 6.57. The minimum Gasteiger partial charge on any atom is -0.323 e. The van der Waals surface area contributed by atoms with Crippen LogP contribution in [0.2, 0.25) is 0 Å². The molecule has 0 aliphatic carbocycles. The number of halogens is 2. The lowest BCUT2D eigenvalue weighted by Gasteiger charge is -2.16. The summed E-state index contributed by atoms with van der Waals surface area (Å²) in [4.78, 5) is 2.18. The van der Waals surface area contributed by atoms with Gasteiger partial charge in [-0.3, -0.25) is 0 Å². The van der Waals surface area contributed by atoms with E-state index in [0.717, 1.165) is 4.88 Å². The summed E-state index contributed by atoms with van der Waals surface area (Å²) in [5.74, 6) is -1.07. The average Bonchev–Trinajstić information content (AvgIpc) is 2.83. The third kappa shape index (κ3) is 3.25. The highest BCUT2D eigenvalue weighted by atomic mass is 32.1. The molecule has 0 saturated heterocycles. The van der Waals surface area contributed by atoms with Gasteiger partial charge in [-0.05, 0) is 36.1 Å². The van der Waals surface area contributed by atoms with E-state index in [4.69, 9.17) is 5.73 Å². The van der Waals surface area contributed by atoms with Gasteiger partial charge in [-0.1, -0.05) is 26.8 Å². The second-order valence-corrected chi connectivity index (χ2v) is 7.08. The first kappa shape index (κ1) is 15.1. The average molecular weight is 295 g/mol. The van der Waals surface area contributed by atoms with Gasteiger partial charge >= 0.3 is 0 Å². The number of nitrogens with two attached hydrogens (primary N) is 1. The first-order chi connectivity index (χ1) is 9.29. The molecule has 1 heterocycles. The molecule has 1 aromatic heterocycles. The van der Waals surface area contributed by atoms with Crippen molar-refractivity contribution in [2.75, 3.05) is 0 Å². The molecule has 1 nitrogen and oxygen atoms in total. The predicted octanol–water partition coefficient (Wildman–Crippen LogP) is 4.57. The molecule has 0 amide bonds. The van der Waals surface area contributed by atoms with Crippen LogP contribution in [0.1, 0.15) is 42.1 Å². The van der Waals surface area contributed by atoms with Crippen LogP contribution >= 0.6 is 11.3 Å². The fraction of sp³-hybridized carbons (Fsp3) is 0.375. The molecule has 108 valence electrons. The van der Waals surface area contributed by atoms with E-state index in [1.807, 2.05) is 12.1 Å². The maximum atomic E-state index is 13.6. The molecule has 4 heteroatoms. The van der Waals surface area contributed by atoms with Gasteiger partial charge in [0, 0.05) is 21.4 Å². The van der Waals surface area contributed by atoms with Crippen molar-refractivity contribution in [3.05, 3.63) is 57.3 Å². The monoisotopic (exact) mass is 295 g/mol. The van der Waals surface area contributed by atoms with Gasteiger partial charge in [0.25, 0.3) is 0 Å². The summed E-state index contributed by atoms with van der Waals surface area (Å²) in [5, 5.41) is 0. The second kappa shape index (κ2) is 5.62. The van der Waals surface area contributed by atoms with Crippen molar-refractivity contribution in [1.82, 2.24) is 0 Å². The lowest BCUT2D eigenvalue weighted by molar-refractivity contribution is 0.541. The minimum absolute atomic E-state index is 0.0608. The molecule has 0 radical (unpaired) electrons. The number of hydrogen-bond donors (Lipinski definition) is 1. The Morgan fingerprint density at radius 3 is 2.20 bits per heavy atom. The molecule has 0 spiro atoms. The van der Waals surface area contributed by atoms with Gasteiger partial charge in [-0.15, -0.1) is 11.3 Å². The molecule has 2 aromatic rings. The van der Waals surface area contributed by atoms with Crippen LogP contribution in [0.15, 0.2) is 30.3 Å². The van der Waals surface area contributed by atoms with Crippen molar-refractivity contribution in [1.29, 1.82) is 0 Å².